The van der Waals surface area contributed by atoms with Crippen LogP contribution in [0.25, 0.3) is 0 Å². The minimum Gasteiger partial charge on any atom is -0.497 e. The maximum absolute atomic E-state index is 12.0. The second-order valence-corrected chi connectivity index (χ2v) is 7.23. The maximum atomic E-state index is 12.0. The molecule has 182 valence electrons. The minimum absolute atomic E-state index is 0.319. The molecule has 5 atom stereocenters. The predicted octanol–water partition coefficient (Wildman–Crippen LogP) is 1.50. The first-order chi connectivity index (χ1) is 15.6. The van der Waals surface area contributed by atoms with Crippen molar-refractivity contribution in [1.82, 2.24) is 0 Å². The molecule has 1 aromatic carbocycles. The molecule has 1 fully saturated rings. The summed E-state index contributed by atoms with van der Waals surface area (Å²) in [6, 6.07) is 4.90. The summed E-state index contributed by atoms with van der Waals surface area (Å²) in [6.45, 7) is 4.38. The zero-order valence-corrected chi connectivity index (χ0v) is 19.3. The fourth-order valence-electron chi connectivity index (χ4n) is 3.54. The monoisotopic (exact) mass is 468 g/mol. The third kappa shape index (κ3) is 6.82. The number of carbonyl (C=O) groups is 4. The van der Waals surface area contributed by atoms with Crippen LogP contribution >= 0.6 is 0 Å². The summed E-state index contributed by atoms with van der Waals surface area (Å²) in [4.78, 5) is 47.2. The first kappa shape index (κ1) is 25.9. The third-order valence-corrected chi connectivity index (χ3v) is 4.73. The molecule has 1 saturated heterocycles. The van der Waals surface area contributed by atoms with Crippen molar-refractivity contribution in [3.8, 4) is 11.5 Å². The Balaban J connectivity index is 2.65. The molecule has 11 heteroatoms. The first-order valence-corrected chi connectivity index (χ1v) is 10.1. The highest BCUT2D eigenvalue weighted by atomic mass is 16.7. The van der Waals surface area contributed by atoms with Crippen LogP contribution in [-0.2, 0) is 42.9 Å². The molecule has 33 heavy (non-hydrogen) atoms. The van der Waals surface area contributed by atoms with E-state index in [1.165, 1.54) is 28.1 Å². The molecule has 0 aliphatic carbocycles. The van der Waals surface area contributed by atoms with E-state index >= 15 is 0 Å². The molecule has 0 bridgehead atoms. The Kier molecular flexibility index (Phi) is 9.03. The second kappa shape index (κ2) is 11.5. The van der Waals surface area contributed by atoms with Crippen LogP contribution in [0.15, 0.2) is 18.2 Å². The number of hydrogen-bond donors (Lipinski definition) is 0. The highest BCUT2D eigenvalue weighted by Crippen LogP contribution is 2.42. The average Bonchev–Trinajstić information content (AvgIpc) is 2.73. The molecule has 0 saturated carbocycles. The van der Waals surface area contributed by atoms with Crippen LogP contribution in [0.4, 0.5) is 0 Å². The lowest BCUT2D eigenvalue weighted by Crippen LogP contribution is -2.59. The lowest BCUT2D eigenvalue weighted by Gasteiger charge is -2.44. The van der Waals surface area contributed by atoms with Crippen molar-refractivity contribution in [3.63, 3.8) is 0 Å². The van der Waals surface area contributed by atoms with Gasteiger partial charge in [0.2, 0.25) is 0 Å². The normalized spacial score (nSPS) is 24.2. The van der Waals surface area contributed by atoms with Crippen molar-refractivity contribution in [1.29, 1.82) is 0 Å². The SMILES string of the molecule is COc1ccc(OC)c([C@@H]2O[C@H](COC(C)=O)[C@H](OC(C)=O)[C@H](OC(C)=O)[C@H]2OC(C)=O)c1. The Bertz CT molecular complexity index is 881. The van der Waals surface area contributed by atoms with E-state index in [9.17, 15) is 19.2 Å². The number of carbonyl (C=O) groups excluding carboxylic acids is 4. The maximum Gasteiger partial charge on any atom is 0.303 e. The van der Waals surface area contributed by atoms with E-state index in [0.717, 1.165) is 13.8 Å². The van der Waals surface area contributed by atoms with Crippen LogP contribution in [0.5, 0.6) is 11.5 Å². The highest BCUT2D eigenvalue weighted by molar-refractivity contribution is 5.69. The molecule has 0 spiro atoms. The standard InChI is InChI=1S/C22H28O11/c1-11(23)29-10-18-20(30-12(2)24)22(32-14(4)26)21(31-13(3)25)19(33-18)16-9-15(27-5)7-8-17(16)28-6/h7-9,18-22H,10H2,1-6H3/t18-,19+,20+,21+,22+/m1/s1. The molecule has 0 unspecified atom stereocenters. The molecule has 1 aliphatic heterocycles. The fourth-order valence-corrected chi connectivity index (χ4v) is 3.54. The van der Waals surface area contributed by atoms with E-state index in [2.05, 4.69) is 0 Å². The lowest BCUT2D eigenvalue weighted by molar-refractivity contribution is -0.254. The van der Waals surface area contributed by atoms with Gasteiger partial charge in [0.1, 0.15) is 30.3 Å². The highest BCUT2D eigenvalue weighted by Gasteiger charge is 2.53. The van der Waals surface area contributed by atoms with Crippen LogP contribution < -0.4 is 9.47 Å². The molecule has 0 aromatic heterocycles. The Hall–Kier alpha value is -3.34. The third-order valence-electron chi connectivity index (χ3n) is 4.73. The van der Waals surface area contributed by atoms with Crippen molar-refractivity contribution in [3.05, 3.63) is 23.8 Å². The van der Waals surface area contributed by atoms with Gasteiger partial charge in [0.25, 0.3) is 0 Å². The summed E-state index contributed by atoms with van der Waals surface area (Å²) >= 11 is 0. The van der Waals surface area contributed by atoms with Gasteiger partial charge in [-0.25, -0.2) is 0 Å². The van der Waals surface area contributed by atoms with Crippen molar-refractivity contribution < 1.29 is 52.3 Å². The zero-order valence-electron chi connectivity index (χ0n) is 19.3. The van der Waals surface area contributed by atoms with Gasteiger partial charge in [-0.3, -0.25) is 19.2 Å². The molecule has 0 radical (unpaired) electrons. The largest absolute Gasteiger partial charge is 0.497 e. The van der Waals surface area contributed by atoms with Crippen molar-refractivity contribution in [2.75, 3.05) is 20.8 Å². The molecule has 11 nitrogen and oxygen atoms in total. The number of hydrogen-bond acceptors (Lipinski definition) is 11. The van der Waals surface area contributed by atoms with E-state index in [0.29, 0.717) is 17.1 Å². The van der Waals surface area contributed by atoms with Gasteiger partial charge < -0.3 is 33.2 Å². The van der Waals surface area contributed by atoms with Crippen LogP contribution in [0, 0.1) is 0 Å². The summed E-state index contributed by atoms with van der Waals surface area (Å²) in [5.41, 5.74) is 0.411. The smallest absolute Gasteiger partial charge is 0.303 e. The molecule has 2 rings (SSSR count). The quantitative estimate of drug-likeness (QED) is 0.406. The topological polar surface area (TPSA) is 133 Å². The van der Waals surface area contributed by atoms with E-state index in [1.807, 2.05) is 0 Å². The molecule has 1 aromatic rings. The molecular formula is C22H28O11. The van der Waals surface area contributed by atoms with E-state index in [4.69, 9.17) is 33.2 Å². The van der Waals surface area contributed by atoms with Gasteiger partial charge in [0.15, 0.2) is 18.3 Å². The van der Waals surface area contributed by atoms with Gasteiger partial charge in [0, 0.05) is 33.3 Å². The number of benzene rings is 1. The van der Waals surface area contributed by atoms with Gasteiger partial charge >= 0.3 is 23.9 Å². The summed E-state index contributed by atoms with van der Waals surface area (Å²) < 4.78 is 38.3. The second-order valence-electron chi connectivity index (χ2n) is 7.23. The minimum atomic E-state index is -1.27. The zero-order chi connectivity index (χ0) is 24.7. The lowest BCUT2D eigenvalue weighted by atomic mass is 9.90. The van der Waals surface area contributed by atoms with Crippen molar-refractivity contribution >= 4 is 23.9 Å². The van der Waals surface area contributed by atoms with Crippen molar-refractivity contribution in [2.24, 2.45) is 0 Å². The van der Waals surface area contributed by atoms with Crippen LogP contribution in [0.3, 0.4) is 0 Å². The molecule has 1 heterocycles. The molecule has 0 amide bonds. The Morgan fingerprint density at radius 1 is 0.788 bits per heavy atom. The van der Waals surface area contributed by atoms with Crippen molar-refractivity contribution in [2.45, 2.75) is 58.2 Å². The fraction of sp³-hybridized carbons (Fsp3) is 0.545. The number of esters is 4. The first-order valence-electron chi connectivity index (χ1n) is 10.1. The summed E-state index contributed by atoms with van der Waals surface area (Å²) in [5, 5.41) is 0. The van der Waals surface area contributed by atoms with Gasteiger partial charge in [-0.1, -0.05) is 0 Å². The number of methoxy groups -OCH3 is 2. The Morgan fingerprint density at radius 2 is 1.36 bits per heavy atom. The van der Waals surface area contributed by atoms with E-state index in [1.54, 1.807) is 18.2 Å². The molecule has 0 N–H and O–H groups in total. The summed E-state index contributed by atoms with van der Waals surface area (Å²) in [5.74, 6) is -1.86. The van der Waals surface area contributed by atoms with Gasteiger partial charge in [-0.15, -0.1) is 0 Å². The predicted molar refractivity (Wildman–Crippen MR) is 110 cm³/mol. The Labute approximate surface area is 191 Å². The van der Waals surface area contributed by atoms with Gasteiger partial charge in [-0.2, -0.15) is 0 Å². The van der Waals surface area contributed by atoms with Crippen LogP contribution in [-0.4, -0.2) is 69.1 Å². The van der Waals surface area contributed by atoms with Gasteiger partial charge in [0.05, 0.1) is 14.2 Å². The summed E-state index contributed by atoms with van der Waals surface area (Å²) in [6.07, 6.45) is -5.86. The summed E-state index contributed by atoms with van der Waals surface area (Å²) in [7, 11) is 2.91. The molecule has 1 aliphatic rings. The Morgan fingerprint density at radius 3 is 1.88 bits per heavy atom. The number of rotatable bonds is 8. The molecular weight excluding hydrogens is 440 g/mol. The van der Waals surface area contributed by atoms with E-state index < -0.39 is 54.4 Å². The van der Waals surface area contributed by atoms with Crippen LogP contribution in [0.2, 0.25) is 0 Å². The van der Waals surface area contributed by atoms with E-state index in [-0.39, 0.29) is 6.61 Å². The number of ether oxygens (including phenoxy) is 7. The van der Waals surface area contributed by atoms with Gasteiger partial charge in [-0.05, 0) is 18.2 Å². The average molecular weight is 468 g/mol. The van der Waals surface area contributed by atoms with Crippen LogP contribution in [0.1, 0.15) is 39.4 Å².